The zero-order valence-corrected chi connectivity index (χ0v) is 19.6. The van der Waals surface area contributed by atoms with E-state index in [2.05, 4.69) is 15.0 Å². The van der Waals surface area contributed by atoms with Crippen LogP contribution in [0.15, 0.2) is 46.1 Å². The van der Waals surface area contributed by atoms with Gasteiger partial charge in [-0.05, 0) is 42.2 Å². The second-order valence-electron chi connectivity index (χ2n) is 8.24. The number of aromatic nitrogens is 4. The molecule has 0 fully saturated rings. The SMILES string of the molecule is CC(C)c1nccc(CCC(=O)O)c1-n1c(=O)[nH]c(=O)c2cc(F)c(-c3c(N)cccc3Cl)nc21. The first-order valence-electron chi connectivity index (χ1n) is 10.7. The van der Waals surface area contributed by atoms with Crippen molar-refractivity contribution in [3.63, 3.8) is 0 Å². The molecule has 0 aliphatic heterocycles. The van der Waals surface area contributed by atoms with Gasteiger partial charge in [0.2, 0.25) is 0 Å². The second-order valence-corrected chi connectivity index (χ2v) is 8.65. The number of hydrogen-bond acceptors (Lipinski definition) is 6. The minimum absolute atomic E-state index is 0.0888. The van der Waals surface area contributed by atoms with Gasteiger partial charge in [0.25, 0.3) is 5.56 Å². The van der Waals surface area contributed by atoms with Crippen LogP contribution in [0.1, 0.15) is 37.4 Å². The molecule has 0 bridgehead atoms. The number of rotatable bonds is 6. The van der Waals surface area contributed by atoms with Crippen molar-refractivity contribution in [1.29, 1.82) is 0 Å². The lowest BCUT2D eigenvalue weighted by Crippen LogP contribution is -2.31. The molecule has 180 valence electrons. The summed E-state index contributed by atoms with van der Waals surface area (Å²) in [6, 6.07) is 7.21. The van der Waals surface area contributed by atoms with E-state index < -0.39 is 23.0 Å². The fourth-order valence-corrected chi connectivity index (χ4v) is 4.21. The highest BCUT2D eigenvalue weighted by Gasteiger charge is 2.23. The highest BCUT2D eigenvalue weighted by atomic mass is 35.5. The molecule has 0 unspecified atom stereocenters. The Balaban J connectivity index is 2.15. The molecule has 4 rings (SSSR count). The van der Waals surface area contributed by atoms with Crippen LogP contribution in [0.25, 0.3) is 28.0 Å². The van der Waals surface area contributed by atoms with E-state index in [1.165, 1.54) is 18.3 Å². The summed E-state index contributed by atoms with van der Waals surface area (Å²) in [5.41, 5.74) is 5.56. The molecular formula is C24H21ClFN5O4. The number of fused-ring (bicyclic) bond motifs is 1. The number of nitrogens with one attached hydrogen (secondary N) is 1. The largest absolute Gasteiger partial charge is 0.481 e. The summed E-state index contributed by atoms with van der Waals surface area (Å²) < 4.78 is 16.3. The van der Waals surface area contributed by atoms with Crippen molar-refractivity contribution in [1.82, 2.24) is 19.5 Å². The number of pyridine rings is 2. The molecule has 1 aromatic carbocycles. The Labute approximate surface area is 203 Å². The first-order chi connectivity index (χ1) is 16.6. The summed E-state index contributed by atoms with van der Waals surface area (Å²) in [5.74, 6) is -2.05. The predicted octanol–water partition coefficient (Wildman–Crippen LogP) is 3.65. The van der Waals surface area contributed by atoms with Gasteiger partial charge < -0.3 is 10.8 Å². The normalized spacial score (nSPS) is 11.3. The molecule has 0 amide bonds. The number of H-pyrrole nitrogens is 1. The number of hydrogen-bond donors (Lipinski definition) is 3. The fourth-order valence-electron chi connectivity index (χ4n) is 3.94. The van der Waals surface area contributed by atoms with Gasteiger partial charge in [-0.3, -0.25) is 19.6 Å². The van der Waals surface area contributed by atoms with Crippen molar-refractivity contribution in [2.45, 2.75) is 32.6 Å². The molecule has 0 radical (unpaired) electrons. The van der Waals surface area contributed by atoms with E-state index in [1.807, 2.05) is 13.8 Å². The van der Waals surface area contributed by atoms with Gasteiger partial charge in [0.05, 0.1) is 21.8 Å². The summed E-state index contributed by atoms with van der Waals surface area (Å²) in [6.07, 6.45) is 1.41. The number of nitrogens with zero attached hydrogens (tertiary/aromatic N) is 3. The van der Waals surface area contributed by atoms with Crippen molar-refractivity contribution in [2.75, 3.05) is 5.73 Å². The predicted molar refractivity (Wildman–Crippen MR) is 131 cm³/mol. The minimum Gasteiger partial charge on any atom is -0.481 e. The van der Waals surface area contributed by atoms with E-state index in [1.54, 1.807) is 12.1 Å². The van der Waals surface area contributed by atoms with E-state index in [9.17, 15) is 19.5 Å². The third-order valence-electron chi connectivity index (χ3n) is 5.53. The first-order valence-corrected chi connectivity index (χ1v) is 11.1. The van der Waals surface area contributed by atoms with Crippen LogP contribution in [0.5, 0.6) is 0 Å². The summed E-state index contributed by atoms with van der Waals surface area (Å²) in [5, 5.41) is 9.17. The van der Waals surface area contributed by atoms with Gasteiger partial charge in [-0.15, -0.1) is 0 Å². The van der Waals surface area contributed by atoms with Crippen LogP contribution in [0, 0.1) is 5.82 Å². The molecule has 0 saturated carbocycles. The second kappa shape index (κ2) is 9.30. The molecule has 0 spiro atoms. The quantitative estimate of drug-likeness (QED) is 0.345. The van der Waals surface area contributed by atoms with Crippen molar-refractivity contribution in [3.8, 4) is 16.9 Å². The molecule has 4 aromatic rings. The number of nitrogens with two attached hydrogens (primary N) is 1. The summed E-state index contributed by atoms with van der Waals surface area (Å²) >= 11 is 6.28. The Morgan fingerprint density at radius 1 is 1.29 bits per heavy atom. The number of aliphatic carboxylic acids is 1. The van der Waals surface area contributed by atoms with Crippen LogP contribution in [0.4, 0.5) is 10.1 Å². The van der Waals surface area contributed by atoms with Crippen LogP contribution < -0.4 is 17.0 Å². The average Bonchev–Trinajstić information content (AvgIpc) is 2.78. The van der Waals surface area contributed by atoms with Gasteiger partial charge in [-0.25, -0.2) is 18.7 Å². The zero-order valence-electron chi connectivity index (χ0n) is 18.8. The third-order valence-corrected chi connectivity index (χ3v) is 5.85. The number of nitrogen functional groups attached to an aromatic ring is 1. The van der Waals surface area contributed by atoms with E-state index >= 15 is 4.39 Å². The molecule has 0 aliphatic rings. The maximum absolute atomic E-state index is 15.2. The van der Waals surface area contributed by atoms with Crippen LogP contribution in [0.2, 0.25) is 5.02 Å². The highest BCUT2D eigenvalue weighted by molar-refractivity contribution is 6.34. The minimum atomic E-state index is -1.02. The topological polar surface area (TPSA) is 144 Å². The number of carboxylic acid groups (broad SMARTS) is 1. The number of benzene rings is 1. The molecular weight excluding hydrogens is 477 g/mol. The Morgan fingerprint density at radius 3 is 2.69 bits per heavy atom. The van der Waals surface area contributed by atoms with E-state index in [4.69, 9.17) is 17.3 Å². The van der Waals surface area contributed by atoms with Crippen molar-refractivity contribution >= 4 is 34.3 Å². The Bertz CT molecular complexity index is 1580. The molecule has 3 aromatic heterocycles. The van der Waals surface area contributed by atoms with Crippen LogP contribution in [-0.2, 0) is 11.2 Å². The monoisotopic (exact) mass is 497 g/mol. The van der Waals surface area contributed by atoms with Gasteiger partial charge in [-0.2, -0.15) is 0 Å². The van der Waals surface area contributed by atoms with Gasteiger partial charge in [-0.1, -0.05) is 31.5 Å². The van der Waals surface area contributed by atoms with E-state index in [0.717, 1.165) is 10.6 Å². The molecule has 3 heterocycles. The average molecular weight is 498 g/mol. The fraction of sp³-hybridized carbons (Fsp3) is 0.208. The molecule has 9 nitrogen and oxygen atoms in total. The maximum Gasteiger partial charge on any atom is 0.334 e. The van der Waals surface area contributed by atoms with E-state index in [-0.39, 0.29) is 57.4 Å². The molecule has 0 aliphatic carbocycles. The van der Waals surface area contributed by atoms with Crippen molar-refractivity contribution in [2.24, 2.45) is 0 Å². The maximum atomic E-state index is 15.2. The molecule has 11 heteroatoms. The van der Waals surface area contributed by atoms with Gasteiger partial charge in [0.15, 0.2) is 11.5 Å². The molecule has 35 heavy (non-hydrogen) atoms. The number of halogens is 2. The Kier molecular flexibility index (Phi) is 6.40. The summed E-state index contributed by atoms with van der Waals surface area (Å²) in [6.45, 7) is 3.71. The lowest BCUT2D eigenvalue weighted by atomic mass is 10.0. The number of anilines is 1. The number of aryl methyl sites for hydroxylation is 1. The lowest BCUT2D eigenvalue weighted by Gasteiger charge is -2.19. The molecule has 0 atom stereocenters. The van der Waals surface area contributed by atoms with Crippen LogP contribution in [-0.4, -0.2) is 30.6 Å². The standard InChI is InChI=1S/C24H21ClFN5O4/c1-11(2)19-21(12(8-9-28-19)6-7-17(32)33)31-22-13(23(34)30-24(31)35)10-15(26)20(29-22)18-14(25)4-3-5-16(18)27/h3-5,8-11H,6-7,27H2,1-2H3,(H,32,33)(H,30,34,35). The lowest BCUT2D eigenvalue weighted by molar-refractivity contribution is -0.136. The van der Waals surface area contributed by atoms with Crippen molar-refractivity contribution in [3.05, 3.63) is 79.5 Å². The summed E-state index contributed by atoms with van der Waals surface area (Å²) in [7, 11) is 0. The van der Waals surface area contributed by atoms with Gasteiger partial charge >= 0.3 is 11.7 Å². The van der Waals surface area contributed by atoms with Crippen LogP contribution in [0.3, 0.4) is 0 Å². The number of aromatic amines is 1. The zero-order chi connectivity index (χ0) is 25.4. The first kappa shape index (κ1) is 24.1. The Hall–Kier alpha value is -4.05. The highest BCUT2D eigenvalue weighted by Crippen LogP contribution is 2.35. The van der Waals surface area contributed by atoms with Gasteiger partial charge in [0.1, 0.15) is 5.69 Å². The van der Waals surface area contributed by atoms with E-state index in [0.29, 0.717) is 11.3 Å². The Morgan fingerprint density at radius 2 is 2.03 bits per heavy atom. The number of carboxylic acids is 1. The molecule has 0 saturated heterocycles. The third kappa shape index (κ3) is 4.40. The smallest absolute Gasteiger partial charge is 0.334 e. The number of carbonyl (C=O) groups is 1. The summed E-state index contributed by atoms with van der Waals surface area (Å²) in [4.78, 5) is 48.0. The van der Waals surface area contributed by atoms with Crippen molar-refractivity contribution < 1.29 is 14.3 Å². The molecule has 4 N–H and O–H groups in total. The van der Waals surface area contributed by atoms with Crippen LogP contribution >= 0.6 is 11.6 Å². The van der Waals surface area contributed by atoms with Gasteiger partial charge in [0, 0.05) is 23.9 Å².